The zero-order chi connectivity index (χ0) is 10.7. The van der Waals surface area contributed by atoms with Gasteiger partial charge < -0.3 is 4.42 Å². The fourth-order valence-corrected chi connectivity index (χ4v) is 1.73. The highest BCUT2D eigenvalue weighted by Gasteiger charge is 2.22. The molecule has 0 aliphatic heterocycles. The van der Waals surface area contributed by atoms with Gasteiger partial charge in [0.25, 0.3) is 5.88 Å². The quantitative estimate of drug-likeness (QED) is 0.697. The molecule has 0 saturated heterocycles. The summed E-state index contributed by atoms with van der Waals surface area (Å²) in [7, 11) is 4.29. The van der Waals surface area contributed by atoms with Gasteiger partial charge in [-0.25, -0.2) is 0 Å². The Morgan fingerprint density at radius 2 is 1.73 bits per heavy atom. The molecule has 1 aromatic heterocycles. The average Bonchev–Trinajstić information content (AvgIpc) is 2.71. The summed E-state index contributed by atoms with van der Waals surface area (Å²) in [6, 6.07) is 14.4. The molecule has 1 heterocycles. The van der Waals surface area contributed by atoms with Crippen LogP contribution in [0.2, 0.25) is 0 Å². The van der Waals surface area contributed by atoms with E-state index in [1.807, 2.05) is 18.2 Å². The van der Waals surface area contributed by atoms with Crippen molar-refractivity contribution in [2.24, 2.45) is 0 Å². The zero-order valence-electron chi connectivity index (χ0n) is 9.18. The lowest BCUT2D eigenvalue weighted by atomic mass is 10.2. The van der Waals surface area contributed by atoms with Crippen molar-refractivity contribution in [2.45, 2.75) is 6.54 Å². The summed E-state index contributed by atoms with van der Waals surface area (Å²) < 4.78 is 6.18. The van der Waals surface area contributed by atoms with Crippen LogP contribution in [0, 0.1) is 0 Å². The van der Waals surface area contributed by atoms with Gasteiger partial charge in [0.05, 0.1) is 20.4 Å². The normalized spacial score (nSPS) is 11.6. The Bertz CT molecular complexity index is 403. The Hall–Kier alpha value is -1.54. The van der Waals surface area contributed by atoms with Crippen LogP contribution in [0.1, 0.15) is 5.56 Å². The second-order valence-electron chi connectivity index (χ2n) is 4.28. The van der Waals surface area contributed by atoms with E-state index < -0.39 is 0 Å². The lowest BCUT2D eigenvalue weighted by Gasteiger charge is -2.25. The number of furan rings is 1. The summed E-state index contributed by atoms with van der Waals surface area (Å²) in [4.78, 5) is 0. The smallest absolute Gasteiger partial charge is 0.296 e. The van der Waals surface area contributed by atoms with E-state index in [2.05, 4.69) is 38.4 Å². The summed E-state index contributed by atoms with van der Waals surface area (Å²) in [5, 5.41) is 0. The van der Waals surface area contributed by atoms with Crippen molar-refractivity contribution in [1.29, 1.82) is 0 Å². The molecule has 0 amide bonds. The van der Waals surface area contributed by atoms with Gasteiger partial charge >= 0.3 is 0 Å². The Balaban J connectivity index is 2.18. The lowest BCUT2D eigenvalue weighted by molar-refractivity contribution is 0.321. The Kier molecular flexibility index (Phi) is 2.60. The molecule has 2 aromatic rings. The molecule has 15 heavy (non-hydrogen) atoms. The van der Waals surface area contributed by atoms with Crippen molar-refractivity contribution >= 4 is 5.88 Å². The average molecular weight is 202 g/mol. The van der Waals surface area contributed by atoms with Crippen LogP contribution in [0.25, 0.3) is 0 Å². The first-order valence-corrected chi connectivity index (χ1v) is 5.09. The van der Waals surface area contributed by atoms with Crippen LogP contribution in [-0.2, 0) is 6.54 Å². The molecule has 0 N–H and O–H groups in total. The largest absolute Gasteiger partial charge is 0.421 e. The highest BCUT2D eigenvalue weighted by Crippen LogP contribution is 2.21. The summed E-state index contributed by atoms with van der Waals surface area (Å²) in [5.74, 6) is 0.985. The Morgan fingerprint density at radius 3 is 2.33 bits per heavy atom. The standard InChI is InChI=1S/C13H16NO/c1-14(2,13-9-6-10-15-13)11-12-7-4-3-5-8-12/h3-10H,11H2,1-2H3/q+1. The zero-order valence-corrected chi connectivity index (χ0v) is 9.18. The molecule has 0 spiro atoms. The minimum atomic E-state index is 0.733. The summed E-state index contributed by atoms with van der Waals surface area (Å²) in [5.41, 5.74) is 1.32. The van der Waals surface area contributed by atoms with Crippen LogP contribution in [-0.4, -0.2) is 14.1 Å². The highest BCUT2D eigenvalue weighted by atomic mass is 16.3. The monoisotopic (exact) mass is 202 g/mol. The third-order valence-electron chi connectivity index (χ3n) is 2.52. The summed E-state index contributed by atoms with van der Waals surface area (Å²) >= 11 is 0. The topological polar surface area (TPSA) is 13.1 Å². The van der Waals surface area contributed by atoms with Gasteiger partial charge in [0.1, 0.15) is 6.54 Å². The van der Waals surface area contributed by atoms with E-state index in [1.165, 1.54) is 5.56 Å². The summed E-state index contributed by atoms with van der Waals surface area (Å²) in [6.45, 7) is 0.939. The van der Waals surface area contributed by atoms with Gasteiger partial charge in [-0.3, -0.25) is 4.48 Å². The van der Waals surface area contributed by atoms with Gasteiger partial charge in [-0.15, -0.1) is 0 Å². The minimum absolute atomic E-state index is 0.733. The maximum Gasteiger partial charge on any atom is 0.296 e. The van der Waals surface area contributed by atoms with Gasteiger partial charge in [0, 0.05) is 11.6 Å². The van der Waals surface area contributed by atoms with Crippen molar-refractivity contribution < 1.29 is 4.42 Å². The molecular formula is C13H16NO+. The lowest BCUT2D eigenvalue weighted by Crippen LogP contribution is -2.39. The number of nitrogens with zero attached hydrogens (tertiary/aromatic N) is 1. The van der Waals surface area contributed by atoms with Crippen molar-refractivity contribution in [3.8, 4) is 0 Å². The molecule has 0 fully saturated rings. The first-order chi connectivity index (χ1) is 7.18. The fraction of sp³-hybridized carbons (Fsp3) is 0.231. The minimum Gasteiger partial charge on any atom is -0.421 e. The molecule has 0 aliphatic carbocycles. The number of rotatable bonds is 3. The molecule has 78 valence electrons. The Morgan fingerprint density at radius 1 is 1.00 bits per heavy atom. The van der Waals surface area contributed by atoms with E-state index in [-0.39, 0.29) is 0 Å². The molecule has 0 aliphatic rings. The van der Waals surface area contributed by atoms with Crippen molar-refractivity contribution in [3.63, 3.8) is 0 Å². The second kappa shape index (κ2) is 3.91. The molecule has 2 heteroatoms. The van der Waals surface area contributed by atoms with Gasteiger partial charge in [0.2, 0.25) is 0 Å². The molecule has 0 atom stereocenters. The van der Waals surface area contributed by atoms with Crippen LogP contribution in [0.4, 0.5) is 5.88 Å². The molecule has 0 unspecified atom stereocenters. The third-order valence-corrected chi connectivity index (χ3v) is 2.52. The van der Waals surface area contributed by atoms with Crippen molar-refractivity contribution in [1.82, 2.24) is 4.48 Å². The number of hydrogen-bond acceptors (Lipinski definition) is 1. The SMILES string of the molecule is C[N+](C)(Cc1ccccc1)c1ccco1. The molecule has 0 radical (unpaired) electrons. The fourth-order valence-electron chi connectivity index (χ4n) is 1.73. The number of hydrogen-bond donors (Lipinski definition) is 0. The van der Waals surface area contributed by atoms with E-state index in [1.54, 1.807) is 6.26 Å². The first-order valence-electron chi connectivity index (χ1n) is 5.09. The van der Waals surface area contributed by atoms with E-state index in [0.717, 1.165) is 16.9 Å². The van der Waals surface area contributed by atoms with Crippen LogP contribution < -0.4 is 4.48 Å². The number of benzene rings is 1. The van der Waals surface area contributed by atoms with Crippen LogP contribution >= 0.6 is 0 Å². The van der Waals surface area contributed by atoms with Gasteiger partial charge in [0.15, 0.2) is 0 Å². The van der Waals surface area contributed by atoms with E-state index in [9.17, 15) is 0 Å². The molecule has 2 rings (SSSR count). The summed E-state index contributed by atoms with van der Waals surface area (Å²) in [6.07, 6.45) is 1.72. The van der Waals surface area contributed by atoms with Crippen LogP contribution in [0.3, 0.4) is 0 Å². The second-order valence-corrected chi connectivity index (χ2v) is 4.28. The van der Waals surface area contributed by atoms with E-state index >= 15 is 0 Å². The maximum atomic E-state index is 5.44. The third kappa shape index (κ3) is 2.28. The molecular weight excluding hydrogens is 186 g/mol. The van der Waals surface area contributed by atoms with Crippen LogP contribution in [0.5, 0.6) is 0 Å². The predicted molar refractivity (Wildman–Crippen MR) is 62.5 cm³/mol. The van der Waals surface area contributed by atoms with E-state index in [4.69, 9.17) is 4.42 Å². The van der Waals surface area contributed by atoms with Gasteiger partial charge in [-0.2, -0.15) is 0 Å². The van der Waals surface area contributed by atoms with Crippen LogP contribution in [0.15, 0.2) is 53.1 Å². The van der Waals surface area contributed by atoms with E-state index in [0.29, 0.717) is 0 Å². The Labute approximate surface area is 90.3 Å². The highest BCUT2D eigenvalue weighted by molar-refractivity contribution is 5.30. The molecule has 1 aromatic carbocycles. The predicted octanol–water partition coefficient (Wildman–Crippen LogP) is 3.05. The van der Waals surface area contributed by atoms with Gasteiger partial charge in [-0.1, -0.05) is 30.3 Å². The van der Waals surface area contributed by atoms with Crippen molar-refractivity contribution in [3.05, 3.63) is 54.3 Å². The molecule has 2 nitrogen and oxygen atoms in total. The number of quaternary nitrogens is 1. The maximum absolute atomic E-state index is 5.44. The first kappa shape index (κ1) is 9.99. The van der Waals surface area contributed by atoms with Gasteiger partial charge in [-0.05, 0) is 6.07 Å². The molecule has 0 saturated carbocycles. The molecule has 0 bridgehead atoms. The van der Waals surface area contributed by atoms with Crippen molar-refractivity contribution in [2.75, 3.05) is 14.1 Å².